The molecular weight excluding hydrogens is 455 g/mol. The van der Waals surface area contributed by atoms with Gasteiger partial charge in [0.15, 0.2) is 11.6 Å². The first-order valence-corrected chi connectivity index (χ1v) is 11.6. The second-order valence-electron chi connectivity index (χ2n) is 7.57. The maximum absolute atomic E-state index is 13.5. The highest BCUT2D eigenvalue weighted by Gasteiger charge is 2.27. The molecule has 1 N–H and O–H groups in total. The van der Waals surface area contributed by atoms with Gasteiger partial charge in [-0.1, -0.05) is 12.1 Å². The molecular formula is C23H20F3N3O3S. The molecule has 1 aliphatic rings. The van der Waals surface area contributed by atoms with E-state index < -0.39 is 27.5 Å². The number of hydrogen-bond donors (Lipinski definition) is 1. The molecule has 0 atom stereocenters. The van der Waals surface area contributed by atoms with Crippen molar-refractivity contribution in [3.05, 3.63) is 89.7 Å². The summed E-state index contributed by atoms with van der Waals surface area (Å²) >= 11 is 0. The maximum atomic E-state index is 13.5. The van der Waals surface area contributed by atoms with Gasteiger partial charge in [-0.05, 0) is 66.6 Å². The molecule has 3 aromatic rings. The first-order valence-electron chi connectivity index (χ1n) is 10.1. The summed E-state index contributed by atoms with van der Waals surface area (Å²) in [6.07, 6.45) is 0.640. The molecule has 0 spiro atoms. The maximum Gasteiger partial charge on any atom is 0.324 e. The fourth-order valence-corrected chi connectivity index (χ4v) is 4.64. The number of urea groups is 1. The first-order chi connectivity index (χ1) is 15.7. The largest absolute Gasteiger partial charge is 0.324 e. The lowest BCUT2D eigenvalue weighted by atomic mass is 10.1. The highest BCUT2D eigenvalue weighted by Crippen LogP contribution is 2.26. The highest BCUT2D eigenvalue weighted by molar-refractivity contribution is 7.92. The Kier molecular flexibility index (Phi) is 6.28. The van der Waals surface area contributed by atoms with Crippen molar-refractivity contribution in [1.29, 1.82) is 0 Å². The molecule has 0 bridgehead atoms. The second kappa shape index (κ2) is 9.14. The van der Waals surface area contributed by atoms with Gasteiger partial charge in [0.25, 0.3) is 10.0 Å². The van der Waals surface area contributed by atoms with E-state index in [1.165, 1.54) is 28.0 Å². The van der Waals surface area contributed by atoms with Crippen LogP contribution in [0.5, 0.6) is 0 Å². The molecule has 0 aliphatic carbocycles. The average Bonchev–Trinajstić information content (AvgIpc) is 2.78. The summed E-state index contributed by atoms with van der Waals surface area (Å²) in [5, 5.41) is 0. The molecule has 3 aromatic carbocycles. The number of anilines is 2. The molecule has 10 heteroatoms. The third-order valence-electron chi connectivity index (χ3n) is 5.20. The van der Waals surface area contributed by atoms with Crippen LogP contribution in [-0.4, -0.2) is 32.4 Å². The molecule has 4 rings (SSSR count). The van der Waals surface area contributed by atoms with Gasteiger partial charge in [0, 0.05) is 25.3 Å². The van der Waals surface area contributed by atoms with Gasteiger partial charge in [-0.25, -0.2) is 26.4 Å². The molecule has 33 heavy (non-hydrogen) atoms. The third kappa shape index (κ3) is 5.11. The van der Waals surface area contributed by atoms with Gasteiger partial charge in [-0.2, -0.15) is 0 Å². The van der Waals surface area contributed by atoms with Crippen LogP contribution in [0.25, 0.3) is 0 Å². The molecule has 1 fully saturated rings. The van der Waals surface area contributed by atoms with Crippen LogP contribution in [0.2, 0.25) is 0 Å². The summed E-state index contributed by atoms with van der Waals surface area (Å²) in [4.78, 5) is 16.0. The molecule has 0 saturated carbocycles. The van der Waals surface area contributed by atoms with E-state index in [9.17, 15) is 26.4 Å². The van der Waals surface area contributed by atoms with Crippen LogP contribution in [0.15, 0.2) is 71.6 Å². The first kappa shape index (κ1) is 22.7. The Labute approximate surface area is 189 Å². The quantitative estimate of drug-likeness (QED) is 0.560. The number of carbonyl (C=O) groups excluding carboxylic acids is 1. The Balaban J connectivity index is 1.51. The monoisotopic (exact) mass is 475 g/mol. The smallest absolute Gasteiger partial charge is 0.320 e. The van der Waals surface area contributed by atoms with Crippen LogP contribution in [0.4, 0.5) is 29.3 Å². The van der Waals surface area contributed by atoms with Gasteiger partial charge < -0.3 is 4.90 Å². The van der Waals surface area contributed by atoms with Crippen LogP contribution in [0, 0.1) is 17.5 Å². The van der Waals surface area contributed by atoms with Crippen molar-refractivity contribution in [2.24, 2.45) is 0 Å². The van der Waals surface area contributed by atoms with Gasteiger partial charge >= 0.3 is 6.03 Å². The normalized spacial score (nSPS) is 14.5. The number of benzene rings is 3. The minimum Gasteiger partial charge on any atom is -0.320 e. The summed E-state index contributed by atoms with van der Waals surface area (Å²) < 4.78 is 67.4. The zero-order valence-corrected chi connectivity index (χ0v) is 18.2. The minimum atomic E-state index is -3.95. The molecule has 2 amide bonds. The predicted molar refractivity (Wildman–Crippen MR) is 118 cm³/mol. The van der Waals surface area contributed by atoms with Crippen molar-refractivity contribution < 1.29 is 26.4 Å². The lowest BCUT2D eigenvalue weighted by Crippen LogP contribution is -2.49. The van der Waals surface area contributed by atoms with Crippen molar-refractivity contribution in [2.75, 3.05) is 22.7 Å². The van der Waals surface area contributed by atoms with Crippen LogP contribution < -0.4 is 9.62 Å². The number of sulfonamides is 1. The van der Waals surface area contributed by atoms with Gasteiger partial charge in [0.1, 0.15) is 5.82 Å². The lowest BCUT2D eigenvalue weighted by molar-refractivity contribution is 0.192. The Morgan fingerprint density at radius 3 is 2.36 bits per heavy atom. The number of halogens is 3. The van der Waals surface area contributed by atoms with E-state index in [-0.39, 0.29) is 23.2 Å². The van der Waals surface area contributed by atoms with E-state index >= 15 is 0 Å². The third-order valence-corrected chi connectivity index (χ3v) is 6.60. The topological polar surface area (TPSA) is 69.7 Å². The van der Waals surface area contributed by atoms with E-state index in [0.29, 0.717) is 30.8 Å². The number of carbonyl (C=O) groups is 1. The molecule has 6 nitrogen and oxygen atoms in total. The zero-order chi connectivity index (χ0) is 23.6. The van der Waals surface area contributed by atoms with Crippen molar-refractivity contribution in [3.8, 4) is 0 Å². The predicted octanol–water partition coefficient (Wildman–Crippen LogP) is 4.74. The minimum absolute atomic E-state index is 0.0962. The highest BCUT2D eigenvalue weighted by atomic mass is 32.2. The SMILES string of the molecule is O=C1N(Cc2ccc(F)c(F)c2)CCCN1c1cccc(NS(=O)(=O)c2ccc(F)cc2)c1. The van der Waals surface area contributed by atoms with E-state index in [2.05, 4.69) is 4.72 Å². The van der Waals surface area contributed by atoms with E-state index in [0.717, 1.165) is 36.4 Å². The average molecular weight is 475 g/mol. The van der Waals surface area contributed by atoms with Crippen LogP contribution in [0.1, 0.15) is 12.0 Å². The number of nitrogens with zero attached hydrogens (tertiary/aromatic N) is 2. The van der Waals surface area contributed by atoms with Crippen LogP contribution in [-0.2, 0) is 16.6 Å². The molecule has 0 unspecified atom stereocenters. The lowest BCUT2D eigenvalue weighted by Gasteiger charge is -2.36. The second-order valence-corrected chi connectivity index (χ2v) is 9.25. The Hall–Kier alpha value is -3.53. The molecule has 0 aromatic heterocycles. The van der Waals surface area contributed by atoms with Crippen molar-refractivity contribution >= 4 is 27.4 Å². The summed E-state index contributed by atoms with van der Waals surface area (Å²) in [6, 6.07) is 14.0. The van der Waals surface area contributed by atoms with Crippen LogP contribution in [0.3, 0.4) is 0 Å². The molecule has 1 heterocycles. The zero-order valence-electron chi connectivity index (χ0n) is 17.3. The Morgan fingerprint density at radius 2 is 1.64 bits per heavy atom. The van der Waals surface area contributed by atoms with Crippen LogP contribution >= 0.6 is 0 Å². The van der Waals surface area contributed by atoms with E-state index in [4.69, 9.17) is 0 Å². The van der Waals surface area contributed by atoms with E-state index in [1.54, 1.807) is 12.1 Å². The van der Waals surface area contributed by atoms with E-state index in [1.807, 2.05) is 0 Å². The number of hydrogen-bond acceptors (Lipinski definition) is 3. The fourth-order valence-electron chi connectivity index (χ4n) is 3.59. The fraction of sp³-hybridized carbons (Fsp3) is 0.174. The summed E-state index contributed by atoms with van der Waals surface area (Å²) in [5.41, 5.74) is 1.18. The molecule has 172 valence electrons. The Bertz CT molecular complexity index is 1280. The van der Waals surface area contributed by atoms with Gasteiger partial charge in [0.2, 0.25) is 0 Å². The summed E-state index contributed by atoms with van der Waals surface area (Å²) in [6.45, 7) is 0.982. The molecule has 1 saturated heterocycles. The summed E-state index contributed by atoms with van der Waals surface area (Å²) in [7, 11) is -3.95. The van der Waals surface area contributed by atoms with Crippen molar-refractivity contribution in [2.45, 2.75) is 17.9 Å². The van der Waals surface area contributed by atoms with Gasteiger partial charge in [0.05, 0.1) is 10.6 Å². The van der Waals surface area contributed by atoms with Crippen molar-refractivity contribution in [3.63, 3.8) is 0 Å². The number of nitrogens with one attached hydrogen (secondary N) is 1. The molecule has 0 radical (unpaired) electrons. The number of amides is 2. The van der Waals surface area contributed by atoms with Crippen molar-refractivity contribution in [1.82, 2.24) is 4.90 Å². The number of rotatable bonds is 6. The Morgan fingerprint density at radius 1 is 0.879 bits per heavy atom. The van der Waals surface area contributed by atoms with Gasteiger partial charge in [-0.3, -0.25) is 9.62 Å². The summed E-state index contributed by atoms with van der Waals surface area (Å²) in [5.74, 6) is -2.48. The van der Waals surface area contributed by atoms with Gasteiger partial charge in [-0.15, -0.1) is 0 Å². The standard InChI is InChI=1S/C23H20F3N3O3S/c24-17-6-8-20(9-7-17)33(31,32)27-18-3-1-4-19(14-18)29-12-2-11-28(23(29)30)15-16-5-10-21(25)22(26)13-16/h1,3-10,13-14,27H,2,11-12,15H2. The molecule has 1 aliphatic heterocycles.